The number of benzene rings is 2. The van der Waals surface area contributed by atoms with E-state index in [0.29, 0.717) is 0 Å². The molecule has 2 aromatic heterocycles. The molecular weight excluding hydrogens is 320 g/mol. The fraction of sp³-hybridized carbons (Fsp3) is 0.250. The van der Waals surface area contributed by atoms with E-state index < -0.39 is 0 Å². The van der Waals surface area contributed by atoms with Crippen LogP contribution in [-0.4, -0.2) is 11.7 Å². The molecule has 0 spiro atoms. The van der Waals surface area contributed by atoms with E-state index in [9.17, 15) is 0 Å². The van der Waals surface area contributed by atoms with Crippen LogP contribution < -0.4 is 21.7 Å². The molecule has 0 fully saturated rings. The smallest absolute Gasteiger partial charge is 0.176 e. The van der Waals surface area contributed by atoms with Gasteiger partial charge in [0.2, 0.25) is 0 Å². The fourth-order valence-electron chi connectivity index (χ4n) is 3.86. The summed E-state index contributed by atoms with van der Waals surface area (Å²) < 4.78 is 9.87. The number of nitrogens with zero attached hydrogens (tertiary/aromatic N) is 2. The monoisotopic (exact) mass is 340 g/mol. The zero-order chi connectivity index (χ0) is 16.3. The molecule has 0 radical (unpaired) electrons. The topological polar surface area (TPSA) is 18.0 Å². The van der Waals surface area contributed by atoms with Gasteiger partial charge in [0.05, 0.1) is 12.6 Å². The molecule has 2 heterocycles. The molecule has 4 heteroatoms. The van der Waals surface area contributed by atoms with Crippen LogP contribution in [0.5, 0.6) is 5.75 Å². The minimum atomic E-state index is 0. The number of aryl methyl sites for hydroxylation is 4. The van der Waals surface area contributed by atoms with Crippen molar-refractivity contribution in [2.75, 3.05) is 7.11 Å². The summed E-state index contributed by atoms with van der Waals surface area (Å²) in [6.45, 7) is 4.45. The molecule has 0 aliphatic carbocycles. The summed E-state index contributed by atoms with van der Waals surface area (Å²) in [6, 6.07) is 8.55. The Morgan fingerprint density at radius 3 is 2.46 bits per heavy atom. The summed E-state index contributed by atoms with van der Waals surface area (Å²) in [5.74, 6) is 0.903. The maximum atomic E-state index is 5.44. The normalized spacial score (nSPS) is 11.2. The third-order valence-electron chi connectivity index (χ3n) is 5.04. The Bertz CT molecular complexity index is 1100. The van der Waals surface area contributed by atoms with Gasteiger partial charge in [0.25, 0.3) is 0 Å². The molecular formula is C20H21ClN2O. The summed E-state index contributed by atoms with van der Waals surface area (Å²) >= 11 is 0. The first-order valence-electron chi connectivity index (χ1n) is 7.87. The van der Waals surface area contributed by atoms with E-state index >= 15 is 0 Å². The van der Waals surface area contributed by atoms with Crippen LogP contribution in [0, 0.1) is 13.8 Å². The molecule has 0 aliphatic heterocycles. The van der Waals surface area contributed by atoms with E-state index in [4.69, 9.17) is 4.74 Å². The van der Waals surface area contributed by atoms with Crippen molar-refractivity contribution in [2.24, 2.45) is 14.1 Å². The predicted molar refractivity (Wildman–Crippen MR) is 95.1 cm³/mol. The van der Waals surface area contributed by atoms with Crippen LogP contribution in [0.4, 0.5) is 0 Å². The first-order valence-corrected chi connectivity index (χ1v) is 7.87. The Balaban J connectivity index is 0.00000169. The minimum absolute atomic E-state index is 0. The van der Waals surface area contributed by atoms with Crippen molar-refractivity contribution in [3.8, 4) is 5.75 Å². The quantitative estimate of drug-likeness (QED) is 0.472. The van der Waals surface area contributed by atoms with Gasteiger partial charge in [-0.05, 0) is 48.6 Å². The van der Waals surface area contributed by atoms with Gasteiger partial charge in [0.15, 0.2) is 12.4 Å². The molecule has 0 saturated heterocycles. The number of rotatable bonds is 1. The summed E-state index contributed by atoms with van der Waals surface area (Å²) in [6.07, 6.45) is 4.34. The van der Waals surface area contributed by atoms with Gasteiger partial charge in [0.1, 0.15) is 12.8 Å². The number of methoxy groups -OCH3 is 1. The zero-order valence-corrected chi connectivity index (χ0v) is 15.4. The Labute approximate surface area is 147 Å². The van der Waals surface area contributed by atoms with Crippen molar-refractivity contribution in [3.05, 3.63) is 47.8 Å². The number of halogens is 1. The molecule has 3 nitrogen and oxygen atoms in total. The molecule has 0 N–H and O–H groups in total. The minimum Gasteiger partial charge on any atom is -1.00 e. The molecule has 0 atom stereocenters. The maximum absolute atomic E-state index is 5.44. The molecule has 4 aromatic rings. The Morgan fingerprint density at radius 1 is 1.00 bits per heavy atom. The first-order chi connectivity index (χ1) is 11.0. The Morgan fingerprint density at radius 2 is 1.75 bits per heavy atom. The van der Waals surface area contributed by atoms with E-state index in [1.807, 2.05) is 6.07 Å². The van der Waals surface area contributed by atoms with Gasteiger partial charge in [-0.1, -0.05) is 0 Å². The lowest BCUT2D eigenvalue weighted by Gasteiger charge is -2.09. The number of hydrogen-bond donors (Lipinski definition) is 0. The molecule has 2 aromatic carbocycles. The summed E-state index contributed by atoms with van der Waals surface area (Å²) in [4.78, 5) is 0. The van der Waals surface area contributed by atoms with Crippen LogP contribution in [0.15, 0.2) is 36.7 Å². The van der Waals surface area contributed by atoms with E-state index in [-0.39, 0.29) is 12.4 Å². The van der Waals surface area contributed by atoms with E-state index in [1.54, 1.807) is 7.11 Å². The predicted octanol–water partition coefficient (Wildman–Crippen LogP) is 0.939. The highest BCUT2D eigenvalue weighted by atomic mass is 35.5. The highest BCUT2D eigenvalue weighted by Crippen LogP contribution is 2.38. The second-order valence-electron chi connectivity index (χ2n) is 6.35. The molecule has 124 valence electrons. The number of hydrogen-bond acceptors (Lipinski definition) is 1. The highest BCUT2D eigenvalue weighted by Gasteiger charge is 2.18. The lowest BCUT2D eigenvalue weighted by molar-refractivity contribution is -0.670. The lowest BCUT2D eigenvalue weighted by Crippen LogP contribution is -3.00. The SMILES string of the molecule is COc1ccc2c(c1)c1c(C)c3c[n+](C)ccc3c(C)c1n2C.[Cl-]. The van der Waals surface area contributed by atoms with Crippen LogP contribution in [0.3, 0.4) is 0 Å². The highest BCUT2D eigenvalue weighted by molar-refractivity contribution is 6.17. The van der Waals surface area contributed by atoms with Crippen LogP contribution in [0.25, 0.3) is 32.6 Å². The fourth-order valence-corrected chi connectivity index (χ4v) is 3.86. The van der Waals surface area contributed by atoms with Crippen molar-refractivity contribution < 1.29 is 21.7 Å². The number of ether oxygens (including phenoxy) is 1. The number of fused-ring (bicyclic) bond motifs is 4. The first kappa shape index (κ1) is 16.6. The maximum Gasteiger partial charge on any atom is 0.176 e. The van der Waals surface area contributed by atoms with Gasteiger partial charge in [-0.2, -0.15) is 0 Å². The summed E-state index contributed by atoms with van der Waals surface area (Å²) in [7, 11) is 5.95. The summed E-state index contributed by atoms with van der Waals surface area (Å²) in [5, 5.41) is 5.23. The van der Waals surface area contributed by atoms with Crippen LogP contribution in [0.1, 0.15) is 11.1 Å². The number of aromatic nitrogens is 2. The second kappa shape index (κ2) is 5.67. The van der Waals surface area contributed by atoms with E-state index in [0.717, 1.165) is 5.75 Å². The molecule has 0 saturated carbocycles. The van der Waals surface area contributed by atoms with Crippen molar-refractivity contribution in [2.45, 2.75) is 13.8 Å². The summed E-state index contributed by atoms with van der Waals surface area (Å²) in [5.41, 5.74) is 5.22. The zero-order valence-electron chi connectivity index (χ0n) is 14.6. The van der Waals surface area contributed by atoms with Gasteiger partial charge < -0.3 is 21.7 Å². The molecule has 0 unspecified atom stereocenters. The van der Waals surface area contributed by atoms with Crippen LogP contribution in [-0.2, 0) is 14.1 Å². The average Bonchev–Trinajstić information content (AvgIpc) is 2.85. The van der Waals surface area contributed by atoms with Crippen molar-refractivity contribution in [1.82, 2.24) is 4.57 Å². The largest absolute Gasteiger partial charge is 1.00 e. The van der Waals surface area contributed by atoms with Gasteiger partial charge in [-0.3, -0.25) is 0 Å². The van der Waals surface area contributed by atoms with Crippen LogP contribution >= 0.6 is 0 Å². The van der Waals surface area contributed by atoms with Gasteiger partial charge >= 0.3 is 0 Å². The van der Waals surface area contributed by atoms with Crippen molar-refractivity contribution in [3.63, 3.8) is 0 Å². The second-order valence-corrected chi connectivity index (χ2v) is 6.35. The van der Waals surface area contributed by atoms with Gasteiger partial charge in [-0.25, -0.2) is 4.57 Å². The molecule has 0 bridgehead atoms. The molecule has 24 heavy (non-hydrogen) atoms. The van der Waals surface area contributed by atoms with E-state index in [1.165, 1.54) is 43.7 Å². The van der Waals surface area contributed by atoms with Crippen molar-refractivity contribution >= 4 is 32.6 Å². The van der Waals surface area contributed by atoms with Crippen molar-refractivity contribution in [1.29, 1.82) is 0 Å². The third-order valence-corrected chi connectivity index (χ3v) is 5.04. The number of pyridine rings is 1. The van der Waals surface area contributed by atoms with E-state index in [2.05, 4.69) is 67.7 Å². The Hall–Kier alpha value is -2.26. The Kier molecular flexibility index (Phi) is 3.92. The average molecular weight is 341 g/mol. The molecule has 4 rings (SSSR count). The molecule has 0 aliphatic rings. The van der Waals surface area contributed by atoms with Gasteiger partial charge in [-0.15, -0.1) is 0 Å². The standard InChI is InChI=1S/C20H21N2O.ClH/c1-12-17-11-21(3)9-8-15(17)13(2)20-19(12)16-10-14(23-5)6-7-18(16)22(20)4;/h6-11H,1-5H3;1H/q+1;/p-1. The third kappa shape index (κ3) is 2.08. The van der Waals surface area contributed by atoms with Gasteiger partial charge in [0, 0.05) is 34.8 Å². The lowest BCUT2D eigenvalue weighted by atomic mass is 9.97. The molecule has 0 amide bonds. The van der Waals surface area contributed by atoms with Crippen LogP contribution in [0.2, 0.25) is 0 Å².